The first-order valence-electron chi connectivity index (χ1n) is 3.98. The summed E-state index contributed by atoms with van der Waals surface area (Å²) >= 11 is 1.65. The van der Waals surface area contributed by atoms with Crippen molar-refractivity contribution in [3.05, 3.63) is 28.3 Å². The normalized spacial score (nSPS) is 10.3. The van der Waals surface area contributed by atoms with Crippen LogP contribution in [0.2, 0.25) is 0 Å². The van der Waals surface area contributed by atoms with Gasteiger partial charge in [-0.05, 0) is 19.9 Å². The van der Waals surface area contributed by atoms with Gasteiger partial charge in [-0.1, -0.05) is 0 Å². The van der Waals surface area contributed by atoms with Gasteiger partial charge in [-0.25, -0.2) is 4.98 Å². The van der Waals surface area contributed by atoms with Gasteiger partial charge in [-0.2, -0.15) is 10.2 Å². The SMILES string of the molecule is Cc1nc(-c2ccnnc2C)cs1. The van der Waals surface area contributed by atoms with Crippen molar-refractivity contribution in [3.63, 3.8) is 0 Å². The van der Waals surface area contributed by atoms with E-state index in [0.29, 0.717) is 0 Å². The van der Waals surface area contributed by atoms with E-state index in [9.17, 15) is 0 Å². The number of hydrogen-bond acceptors (Lipinski definition) is 4. The number of rotatable bonds is 1. The minimum atomic E-state index is 0.924. The molecule has 2 aromatic heterocycles. The van der Waals surface area contributed by atoms with Gasteiger partial charge in [0.15, 0.2) is 0 Å². The third kappa shape index (κ3) is 1.58. The van der Waals surface area contributed by atoms with Crippen LogP contribution >= 0.6 is 11.3 Å². The summed E-state index contributed by atoms with van der Waals surface area (Å²) in [6, 6.07) is 1.94. The molecule has 0 saturated carbocycles. The van der Waals surface area contributed by atoms with E-state index in [1.165, 1.54) is 0 Å². The predicted octanol–water partition coefficient (Wildman–Crippen LogP) is 2.22. The predicted molar refractivity (Wildman–Crippen MR) is 52.6 cm³/mol. The molecule has 0 atom stereocenters. The first-order valence-corrected chi connectivity index (χ1v) is 4.86. The maximum Gasteiger partial charge on any atom is 0.0901 e. The maximum absolute atomic E-state index is 4.39. The maximum atomic E-state index is 4.39. The average Bonchev–Trinajstić information content (AvgIpc) is 2.53. The van der Waals surface area contributed by atoms with Crippen molar-refractivity contribution in [2.24, 2.45) is 0 Å². The smallest absolute Gasteiger partial charge is 0.0901 e. The lowest BCUT2D eigenvalue weighted by molar-refractivity contribution is 0.981. The van der Waals surface area contributed by atoms with Gasteiger partial charge in [0, 0.05) is 10.9 Å². The number of thiazole rings is 1. The average molecular weight is 191 g/mol. The molecule has 66 valence electrons. The molecule has 3 nitrogen and oxygen atoms in total. The van der Waals surface area contributed by atoms with E-state index < -0.39 is 0 Å². The van der Waals surface area contributed by atoms with E-state index in [2.05, 4.69) is 15.2 Å². The Kier molecular flexibility index (Phi) is 2.06. The van der Waals surface area contributed by atoms with Crippen LogP contribution in [0.1, 0.15) is 10.7 Å². The molecular weight excluding hydrogens is 182 g/mol. The Labute approximate surface area is 80.5 Å². The molecule has 0 radical (unpaired) electrons. The fourth-order valence-corrected chi connectivity index (χ4v) is 1.77. The van der Waals surface area contributed by atoms with Crippen molar-refractivity contribution in [3.8, 4) is 11.3 Å². The van der Waals surface area contributed by atoms with Crippen LogP contribution in [0.4, 0.5) is 0 Å². The van der Waals surface area contributed by atoms with Crippen molar-refractivity contribution in [1.29, 1.82) is 0 Å². The Morgan fingerprint density at radius 1 is 1.31 bits per heavy atom. The molecular formula is C9H9N3S. The van der Waals surface area contributed by atoms with Crippen LogP contribution in [0.3, 0.4) is 0 Å². The fourth-order valence-electron chi connectivity index (χ4n) is 1.16. The zero-order chi connectivity index (χ0) is 9.26. The molecule has 0 unspecified atom stereocenters. The summed E-state index contributed by atoms with van der Waals surface area (Å²) in [5, 5.41) is 10.9. The van der Waals surface area contributed by atoms with Gasteiger partial charge >= 0.3 is 0 Å². The lowest BCUT2D eigenvalue weighted by Crippen LogP contribution is -1.89. The molecule has 0 aromatic carbocycles. The summed E-state index contributed by atoms with van der Waals surface area (Å²) < 4.78 is 0. The highest BCUT2D eigenvalue weighted by molar-refractivity contribution is 7.09. The Morgan fingerprint density at radius 3 is 2.77 bits per heavy atom. The summed E-state index contributed by atoms with van der Waals surface area (Å²) in [6.07, 6.45) is 1.69. The monoisotopic (exact) mass is 191 g/mol. The van der Waals surface area contributed by atoms with E-state index >= 15 is 0 Å². The molecule has 0 spiro atoms. The van der Waals surface area contributed by atoms with Crippen molar-refractivity contribution < 1.29 is 0 Å². The van der Waals surface area contributed by atoms with Gasteiger partial charge in [0.25, 0.3) is 0 Å². The van der Waals surface area contributed by atoms with Gasteiger partial charge in [-0.15, -0.1) is 11.3 Å². The summed E-state index contributed by atoms with van der Waals surface area (Å²) in [6.45, 7) is 3.94. The summed E-state index contributed by atoms with van der Waals surface area (Å²) in [5.41, 5.74) is 2.99. The largest absolute Gasteiger partial charge is 0.241 e. The third-order valence-electron chi connectivity index (χ3n) is 1.80. The van der Waals surface area contributed by atoms with E-state index in [4.69, 9.17) is 0 Å². The standard InChI is InChI=1S/C9H9N3S/c1-6-8(3-4-10-12-6)9-5-13-7(2)11-9/h3-5H,1-2H3. The second-order valence-corrected chi connectivity index (χ2v) is 3.84. The highest BCUT2D eigenvalue weighted by Crippen LogP contribution is 2.22. The molecule has 2 rings (SSSR count). The number of hydrogen-bond donors (Lipinski definition) is 0. The van der Waals surface area contributed by atoms with Gasteiger partial charge in [0.1, 0.15) is 0 Å². The van der Waals surface area contributed by atoms with E-state index in [1.807, 2.05) is 25.3 Å². The minimum Gasteiger partial charge on any atom is -0.241 e. The Balaban J connectivity index is 2.52. The molecule has 0 aliphatic heterocycles. The van der Waals surface area contributed by atoms with Gasteiger partial charge in [-0.3, -0.25) is 0 Å². The summed E-state index contributed by atoms with van der Waals surface area (Å²) in [7, 11) is 0. The van der Waals surface area contributed by atoms with Gasteiger partial charge in [0.2, 0.25) is 0 Å². The topological polar surface area (TPSA) is 38.7 Å². The Morgan fingerprint density at radius 2 is 2.15 bits per heavy atom. The highest BCUT2D eigenvalue weighted by Gasteiger charge is 2.05. The molecule has 0 fully saturated rings. The molecule has 0 aliphatic carbocycles. The van der Waals surface area contributed by atoms with Crippen LogP contribution in [0, 0.1) is 13.8 Å². The van der Waals surface area contributed by atoms with Crippen LogP contribution in [0.25, 0.3) is 11.3 Å². The Hall–Kier alpha value is -1.29. The highest BCUT2D eigenvalue weighted by atomic mass is 32.1. The van der Waals surface area contributed by atoms with Crippen LogP contribution < -0.4 is 0 Å². The molecule has 0 aliphatic rings. The quantitative estimate of drug-likeness (QED) is 0.693. The molecule has 2 heterocycles. The van der Waals surface area contributed by atoms with Crippen molar-refractivity contribution in [2.75, 3.05) is 0 Å². The first kappa shape index (κ1) is 8.31. The van der Waals surface area contributed by atoms with Crippen molar-refractivity contribution >= 4 is 11.3 Å². The lowest BCUT2D eigenvalue weighted by Gasteiger charge is -1.97. The number of aromatic nitrogens is 3. The Bertz CT molecular complexity index is 422. The second-order valence-electron chi connectivity index (χ2n) is 2.78. The molecule has 4 heteroatoms. The van der Waals surface area contributed by atoms with E-state index in [0.717, 1.165) is 22.0 Å². The molecule has 13 heavy (non-hydrogen) atoms. The van der Waals surface area contributed by atoms with Crippen LogP contribution in [-0.2, 0) is 0 Å². The number of aryl methyl sites for hydroxylation is 2. The van der Waals surface area contributed by atoms with Gasteiger partial charge in [0.05, 0.1) is 22.6 Å². The number of nitrogens with zero attached hydrogens (tertiary/aromatic N) is 3. The molecule has 0 bridgehead atoms. The zero-order valence-corrected chi connectivity index (χ0v) is 8.30. The van der Waals surface area contributed by atoms with Crippen molar-refractivity contribution in [2.45, 2.75) is 13.8 Å². The summed E-state index contributed by atoms with van der Waals surface area (Å²) in [4.78, 5) is 4.39. The van der Waals surface area contributed by atoms with Crippen LogP contribution in [0.15, 0.2) is 17.6 Å². The second kappa shape index (κ2) is 3.22. The van der Waals surface area contributed by atoms with Crippen LogP contribution in [-0.4, -0.2) is 15.2 Å². The van der Waals surface area contributed by atoms with Crippen molar-refractivity contribution in [1.82, 2.24) is 15.2 Å². The third-order valence-corrected chi connectivity index (χ3v) is 2.57. The first-order chi connectivity index (χ1) is 6.27. The fraction of sp³-hybridized carbons (Fsp3) is 0.222. The van der Waals surface area contributed by atoms with E-state index in [-0.39, 0.29) is 0 Å². The summed E-state index contributed by atoms with van der Waals surface area (Å²) in [5.74, 6) is 0. The minimum absolute atomic E-state index is 0.924. The van der Waals surface area contributed by atoms with Crippen LogP contribution in [0.5, 0.6) is 0 Å². The molecule has 2 aromatic rings. The zero-order valence-electron chi connectivity index (χ0n) is 7.48. The molecule has 0 saturated heterocycles. The van der Waals surface area contributed by atoms with Gasteiger partial charge < -0.3 is 0 Å². The molecule has 0 N–H and O–H groups in total. The van der Waals surface area contributed by atoms with E-state index in [1.54, 1.807) is 17.5 Å². The lowest BCUT2D eigenvalue weighted by atomic mass is 10.2. The molecule has 0 amide bonds.